The molecule has 0 aromatic carbocycles. The third kappa shape index (κ3) is 2.00. The van der Waals surface area contributed by atoms with Gasteiger partial charge in [-0.25, -0.2) is 5.32 Å². The summed E-state index contributed by atoms with van der Waals surface area (Å²) in [4.78, 5) is 13.5. The Morgan fingerprint density at radius 1 is 1.40 bits per heavy atom. The van der Waals surface area contributed by atoms with E-state index in [1.807, 2.05) is 13.8 Å². The summed E-state index contributed by atoms with van der Waals surface area (Å²) in [5.41, 5.74) is 4.82. The van der Waals surface area contributed by atoms with Crippen LogP contribution in [-0.4, -0.2) is 54.7 Å². The van der Waals surface area contributed by atoms with Crippen molar-refractivity contribution in [3.8, 4) is 0 Å². The number of primary amides is 1. The van der Waals surface area contributed by atoms with Crippen LogP contribution in [0.1, 0.15) is 13.8 Å². The van der Waals surface area contributed by atoms with E-state index >= 15 is 0 Å². The van der Waals surface area contributed by atoms with Crippen LogP contribution >= 0.6 is 0 Å². The SMILES string of the molecule is CC(C)(C(N)=O)N1CC2C[N]CC(C1)O2. The quantitative estimate of drug-likeness (QED) is 0.634. The lowest BCUT2D eigenvalue weighted by Crippen LogP contribution is -2.64. The van der Waals surface area contributed by atoms with Crippen LogP contribution in [0.5, 0.6) is 0 Å². The maximum Gasteiger partial charge on any atom is 0.237 e. The summed E-state index contributed by atoms with van der Waals surface area (Å²) in [5.74, 6) is -0.278. The highest BCUT2D eigenvalue weighted by Crippen LogP contribution is 2.22. The minimum Gasteiger partial charge on any atom is -0.370 e. The third-order valence-electron chi connectivity index (χ3n) is 3.29. The molecule has 0 aromatic heterocycles. The molecule has 2 atom stereocenters. The van der Waals surface area contributed by atoms with E-state index in [4.69, 9.17) is 10.5 Å². The Bertz CT molecular complexity index is 255. The maximum atomic E-state index is 11.4. The first-order valence-corrected chi connectivity index (χ1v) is 5.34. The molecule has 0 aliphatic carbocycles. The second-order valence-electron chi connectivity index (χ2n) is 4.80. The average Bonchev–Trinajstić information content (AvgIpc) is 2.16. The molecule has 5 heteroatoms. The van der Waals surface area contributed by atoms with Gasteiger partial charge in [0.05, 0.1) is 17.7 Å². The molecule has 0 saturated carbocycles. The molecular weight excluding hydrogens is 194 g/mol. The lowest BCUT2D eigenvalue weighted by molar-refractivity contribution is -0.146. The van der Waals surface area contributed by atoms with E-state index < -0.39 is 5.54 Å². The summed E-state index contributed by atoms with van der Waals surface area (Å²) in [6.45, 7) is 6.70. The Morgan fingerprint density at radius 3 is 2.40 bits per heavy atom. The summed E-state index contributed by atoms with van der Waals surface area (Å²) in [7, 11) is 0. The highest BCUT2D eigenvalue weighted by molar-refractivity contribution is 5.83. The van der Waals surface area contributed by atoms with Crippen LogP contribution in [0.15, 0.2) is 0 Å². The summed E-state index contributed by atoms with van der Waals surface area (Å²) in [6, 6.07) is 0. The van der Waals surface area contributed by atoms with Crippen molar-refractivity contribution in [3.05, 3.63) is 0 Å². The van der Waals surface area contributed by atoms with Gasteiger partial charge in [-0.15, -0.1) is 0 Å². The summed E-state index contributed by atoms with van der Waals surface area (Å²) >= 11 is 0. The first-order chi connectivity index (χ1) is 7.00. The van der Waals surface area contributed by atoms with Crippen molar-refractivity contribution < 1.29 is 9.53 Å². The van der Waals surface area contributed by atoms with Gasteiger partial charge < -0.3 is 10.5 Å². The zero-order chi connectivity index (χ0) is 11.1. The fraction of sp³-hybridized carbons (Fsp3) is 0.900. The van der Waals surface area contributed by atoms with Crippen molar-refractivity contribution in [2.45, 2.75) is 31.6 Å². The monoisotopic (exact) mass is 212 g/mol. The lowest BCUT2D eigenvalue weighted by Gasteiger charge is -2.46. The summed E-state index contributed by atoms with van der Waals surface area (Å²) in [6.07, 6.45) is 0.271. The van der Waals surface area contributed by atoms with Gasteiger partial charge in [-0.05, 0) is 13.8 Å². The smallest absolute Gasteiger partial charge is 0.237 e. The van der Waals surface area contributed by atoms with Crippen LogP contribution in [0, 0.1) is 0 Å². The van der Waals surface area contributed by atoms with Crippen LogP contribution in [-0.2, 0) is 9.53 Å². The molecule has 1 amide bonds. The minimum absolute atomic E-state index is 0.135. The molecule has 1 radical (unpaired) electrons. The van der Waals surface area contributed by atoms with Gasteiger partial charge in [0.1, 0.15) is 0 Å². The van der Waals surface area contributed by atoms with Gasteiger partial charge in [0.15, 0.2) is 0 Å². The molecule has 2 saturated heterocycles. The predicted molar refractivity (Wildman–Crippen MR) is 55.4 cm³/mol. The van der Waals surface area contributed by atoms with Crippen molar-refractivity contribution >= 4 is 5.91 Å². The Labute approximate surface area is 89.9 Å². The van der Waals surface area contributed by atoms with E-state index in [1.54, 1.807) is 0 Å². The lowest BCUT2D eigenvalue weighted by atomic mass is 9.98. The first-order valence-electron chi connectivity index (χ1n) is 5.34. The van der Waals surface area contributed by atoms with E-state index in [0.29, 0.717) is 0 Å². The molecule has 2 aliphatic heterocycles. The van der Waals surface area contributed by atoms with E-state index in [0.717, 1.165) is 26.2 Å². The number of morpholine rings is 2. The number of hydrogen-bond acceptors (Lipinski definition) is 3. The van der Waals surface area contributed by atoms with E-state index in [9.17, 15) is 4.79 Å². The van der Waals surface area contributed by atoms with E-state index in [2.05, 4.69) is 10.2 Å². The highest BCUT2D eigenvalue weighted by Gasteiger charge is 2.40. The van der Waals surface area contributed by atoms with Crippen LogP contribution in [0.3, 0.4) is 0 Å². The number of ether oxygens (including phenoxy) is 1. The van der Waals surface area contributed by atoms with Gasteiger partial charge in [0, 0.05) is 26.2 Å². The van der Waals surface area contributed by atoms with E-state index in [1.165, 1.54) is 0 Å². The Morgan fingerprint density at radius 2 is 1.93 bits per heavy atom. The third-order valence-corrected chi connectivity index (χ3v) is 3.29. The Hall–Kier alpha value is -0.650. The number of carbonyl (C=O) groups excluding carboxylic acids is 1. The number of fused-ring (bicyclic) bond motifs is 2. The summed E-state index contributed by atoms with van der Waals surface area (Å²) < 4.78 is 5.74. The van der Waals surface area contributed by atoms with Gasteiger partial charge >= 0.3 is 0 Å². The van der Waals surface area contributed by atoms with Crippen LogP contribution in [0.4, 0.5) is 0 Å². The van der Waals surface area contributed by atoms with Crippen molar-refractivity contribution in [1.82, 2.24) is 10.2 Å². The predicted octanol–water partition coefficient (Wildman–Crippen LogP) is -1.06. The van der Waals surface area contributed by atoms with Gasteiger partial charge in [-0.1, -0.05) is 0 Å². The molecule has 2 rings (SSSR count). The molecular formula is C10H18N3O2. The Kier molecular flexibility index (Phi) is 2.70. The zero-order valence-corrected chi connectivity index (χ0v) is 9.27. The van der Waals surface area contributed by atoms with E-state index in [-0.39, 0.29) is 18.1 Å². The second kappa shape index (κ2) is 3.73. The molecule has 2 heterocycles. The van der Waals surface area contributed by atoms with Gasteiger partial charge in [-0.2, -0.15) is 0 Å². The molecule has 5 nitrogen and oxygen atoms in total. The number of amides is 1. The standard InChI is InChI=1S/C10H18N3O2/c1-10(2,9(11)14)13-5-7-3-12-4-8(6-13)15-7/h7-8H,3-6H2,1-2H3,(H2,11,14). The number of carbonyl (C=O) groups is 1. The van der Waals surface area contributed by atoms with Crippen LogP contribution in [0.25, 0.3) is 0 Å². The zero-order valence-electron chi connectivity index (χ0n) is 9.27. The summed E-state index contributed by atoms with van der Waals surface area (Å²) in [5, 5.41) is 4.36. The minimum atomic E-state index is -0.586. The molecule has 2 N–H and O–H groups in total. The second-order valence-corrected chi connectivity index (χ2v) is 4.80. The Balaban J connectivity index is 2.08. The van der Waals surface area contributed by atoms with Gasteiger partial charge in [0.2, 0.25) is 5.91 Å². The normalized spacial score (nSPS) is 32.7. The molecule has 2 bridgehead atoms. The molecule has 2 aliphatic rings. The molecule has 0 spiro atoms. The largest absolute Gasteiger partial charge is 0.370 e. The van der Waals surface area contributed by atoms with Crippen molar-refractivity contribution in [2.24, 2.45) is 5.73 Å². The molecule has 2 unspecified atom stereocenters. The molecule has 15 heavy (non-hydrogen) atoms. The molecule has 85 valence electrons. The molecule has 2 fully saturated rings. The number of nitrogens with zero attached hydrogens (tertiary/aromatic N) is 2. The van der Waals surface area contributed by atoms with Crippen molar-refractivity contribution in [3.63, 3.8) is 0 Å². The number of hydrogen-bond donors (Lipinski definition) is 1. The first kappa shape index (κ1) is 10.9. The van der Waals surface area contributed by atoms with Crippen LogP contribution in [0.2, 0.25) is 0 Å². The van der Waals surface area contributed by atoms with Crippen molar-refractivity contribution in [1.29, 1.82) is 0 Å². The maximum absolute atomic E-state index is 11.4. The highest BCUT2D eigenvalue weighted by atomic mass is 16.5. The topological polar surface area (TPSA) is 69.7 Å². The number of nitrogens with two attached hydrogens (primary N) is 1. The fourth-order valence-electron chi connectivity index (χ4n) is 2.10. The van der Waals surface area contributed by atoms with Gasteiger partial charge in [-0.3, -0.25) is 9.69 Å². The van der Waals surface area contributed by atoms with Gasteiger partial charge in [0.25, 0.3) is 0 Å². The fourth-order valence-corrected chi connectivity index (χ4v) is 2.10. The van der Waals surface area contributed by atoms with Crippen molar-refractivity contribution in [2.75, 3.05) is 26.2 Å². The van der Waals surface area contributed by atoms with Crippen LogP contribution < -0.4 is 11.1 Å². The average molecular weight is 212 g/mol. The number of rotatable bonds is 2. The molecule has 0 aromatic rings.